The molecule has 2 amide bonds. The summed E-state index contributed by atoms with van der Waals surface area (Å²) >= 11 is 0. The molecule has 0 radical (unpaired) electrons. The summed E-state index contributed by atoms with van der Waals surface area (Å²) in [6.45, 7) is 7.45. The van der Waals surface area contributed by atoms with Crippen molar-refractivity contribution in [2.75, 3.05) is 19.6 Å². The van der Waals surface area contributed by atoms with Gasteiger partial charge in [0.2, 0.25) is 0 Å². The van der Waals surface area contributed by atoms with Gasteiger partial charge >= 0.3 is 6.09 Å². The number of halogens is 1. The number of hydrogen-bond acceptors (Lipinski definition) is 3. The molecule has 2 fully saturated rings. The van der Waals surface area contributed by atoms with Crippen LogP contribution in [0.2, 0.25) is 0 Å². The van der Waals surface area contributed by atoms with Crippen LogP contribution in [0.1, 0.15) is 55.5 Å². The number of aryl methyl sites for hydroxylation is 1. The van der Waals surface area contributed by atoms with Crippen molar-refractivity contribution >= 4 is 12.0 Å². The average Bonchev–Trinajstić information content (AvgIpc) is 2.91. The third-order valence-corrected chi connectivity index (χ3v) is 5.55. The molecular formula is C20H27FN2O3. The Bertz CT molecular complexity index is 698. The van der Waals surface area contributed by atoms with Crippen molar-refractivity contribution in [3.63, 3.8) is 0 Å². The second-order valence-electron chi connectivity index (χ2n) is 7.59. The van der Waals surface area contributed by atoms with Crippen molar-refractivity contribution in [2.24, 2.45) is 0 Å². The van der Waals surface area contributed by atoms with Gasteiger partial charge in [-0.3, -0.25) is 4.79 Å². The lowest BCUT2D eigenvalue weighted by atomic mass is 9.90. The van der Waals surface area contributed by atoms with Gasteiger partial charge in [0.05, 0.1) is 12.1 Å². The fourth-order valence-corrected chi connectivity index (χ4v) is 3.90. The highest BCUT2D eigenvalue weighted by Gasteiger charge is 2.48. The number of piperidine rings is 1. The van der Waals surface area contributed by atoms with Gasteiger partial charge in [-0.25, -0.2) is 9.18 Å². The first kappa shape index (κ1) is 18.7. The van der Waals surface area contributed by atoms with Crippen molar-refractivity contribution < 1.29 is 18.7 Å². The Hall–Kier alpha value is -2.11. The Morgan fingerprint density at radius 1 is 1.35 bits per heavy atom. The van der Waals surface area contributed by atoms with E-state index in [4.69, 9.17) is 4.74 Å². The number of likely N-dealkylation sites (tertiary alicyclic amines) is 1. The molecular weight excluding hydrogens is 335 g/mol. The summed E-state index contributed by atoms with van der Waals surface area (Å²) in [5.41, 5.74) is 0.380. The number of benzene rings is 1. The Balaban J connectivity index is 1.64. The van der Waals surface area contributed by atoms with Gasteiger partial charge in [-0.15, -0.1) is 0 Å². The molecule has 6 heteroatoms. The smallest absolute Gasteiger partial charge is 0.410 e. The molecule has 1 unspecified atom stereocenters. The molecule has 3 rings (SSSR count). The highest BCUT2D eigenvalue weighted by Crippen LogP contribution is 2.35. The van der Waals surface area contributed by atoms with E-state index < -0.39 is 11.4 Å². The van der Waals surface area contributed by atoms with E-state index in [2.05, 4.69) is 6.92 Å². The minimum Gasteiger partial charge on any atom is -0.441 e. The molecule has 1 atom stereocenters. The Morgan fingerprint density at radius 3 is 2.65 bits per heavy atom. The summed E-state index contributed by atoms with van der Waals surface area (Å²) in [7, 11) is 0. The molecule has 0 bridgehead atoms. The van der Waals surface area contributed by atoms with Crippen LogP contribution in [0.4, 0.5) is 9.18 Å². The molecule has 0 aliphatic carbocycles. The van der Waals surface area contributed by atoms with Gasteiger partial charge in [-0.05, 0) is 38.0 Å². The van der Waals surface area contributed by atoms with E-state index in [0.29, 0.717) is 32.5 Å². The molecule has 1 aromatic rings. The number of hydrogen-bond donors (Lipinski definition) is 0. The van der Waals surface area contributed by atoms with Gasteiger partial charge in [0.1, 0.15) is 11.4 Å². The normalized spacial score (nSPS) is 20.4. The Labute approximate surface area is 154 Å². The standard InChI is InChI=1S/C20H27FN2O3/c1-4-5-15(3)23-13-20(26-19(23)25)8-10-22(11-9-20)18(24)16-7-6-14(2)12-17(16)21/h6-7,12,15H,4-5,8-11,13H2,1-3H3. The third-order valence-electron chi connectivity index (χ3n) is 5.55. The fourth-order valence-electron chi connectivity index (χ4n) is 3.90. The van der Waals surface area contributed by atoms with Crippen molar-refractivity contribution in [1.29, 1.82) is 0 Å². The van der Waals surface area contributed by atoms with Crippen LogP contribution in [0, 0.1) is 12.7 Å². The largest absolute Gasteiger partial charge is 0.441 e. The number of nitrogens with zero attached hydrogens (tertiary/aromatic N) is 2. The molecule has 1 spiro atoms. The zero-order chi connectivity index (χ0) is 18.9. The van der Waals surface area contributed by atoms with E-state index in [1.165, 1.54) is 6.07 Å². The molecule has 0 saturated carbocycles. The first-order chi connectivity index (χ1) is 12.3. The monoisotopic (exact) mass is 362 g/mol. The molecule has 142 valence electrons. The summed E-state index contributed by atoms with van der Waals surface area (Å²) < 4.78 is 19.8. The van der Waals surface area contributed by atoms with Crippen LogP contribution >= 0.6 is 0 Å². The van der Waals surface area contributed by atoms with Crippen LogP contribution in [-0.4, -0.2) is 53.1 Å². The fraction of sp³-hybridized carbons (Fsp3) is 0.600. The Morgan fingerprint density at radius 2 is 2.04 bits per heavy atom. The summed E-state index contributed by atoms with van der Waals surface area (Å²) in [4.78, 5) is 28.3. The molecule has 2 heterocycles. The quantitative estimate of drug-likeness (QED) is 0.820. The number of amides is 2. The summed E-state index contributed by atoms with van der Waals surface area (Å²) in [5, 5.41) is 0. The van der Waals surface area contributed by atoms with Gasteiger partial charge in [-0.2, -0.15) is 0 Å². The zero-order valence-electron chi connectivity index (χ0n) is 15.8. The van der Waals surface area contributed by atoms with Crippen molar-refractivity contribution in [3.05, 3.63) is 35.1 Å². The van der Waals surface area contributed by atoms with Crippen molar-refractivity contribution in [3.8, 4) is 0 Å². The summed E-state index contributed by atoms with van der Waals surface area (Å²) in [5.74, 6) is -0.778. The molecule has 2 aliphatic rings. The predicted molar refractivity (Wildman–Crippen MR) is 96.6 cm³/mol. The molecule has 0 aromatic heterocycles. The van der Waals surface area contributed by atoms with E-state index in [1.807, 2.05) is 6.92 Å². The molecule has 5 nitrogen and oxygen atoms in total. The van der Waals surface area contributed by atoms with Crippen LogP contribution in [0.3, 0.4) is 0 Å². The van der Waals surface area contributed by atoms with Crippen molar-refractivity contribution in [2.45, 2.75) is 58.1 Å². The van der Waals surface area contributed by atoms with E-state index in [0.717, 1.165) is 18.4 Å². The predicted octanol–water partition coefficient (Wildman–Crippen LogP) is 3.75. The van der Waals surface area contributed by atoms with Gasteiger partial charge in [0, 0.05) is 32.0 Å². The minimum absolute atomic E-state index is 0.105. The molecule has 1 aromatic carbocycles. The SMILES string of the molecule is CCCC(C)N1CC2(CCN(C(=O)c3ccc(C)cc3F)CC2)OC1=O. The highest BCUT2D eigenvalue weighted by molar-refractivity contribution is 5.94. The number of carbonyl (C=O) groups excluding carboxylic acids is 2. The van der Waals surface area contributed by atoms with E-state index in [9.17, 15) is 14.0 Å². The van der Waals surface area contributed by atoms with Crippen LogP contribution < -0.4 is 0 Å². The lowest BCUT2D eigenvalue weighted by molar-refractivity contribution is 0.00296. The van der Waals surface area contributed by atoms with Crippen LogP contribution in [0.15, 0.2) is 18.2 Å². The summed E-state index contributed by atoms with van der Waals surface area (Å²) in [6, 6.07) is 4.83. The van der Waals surface area contributed by atoms with Crippen LogP contribution in [-0.2, 0) is 4.74 Å². The second-order valence-corrected chi connectivity index (χ2v) is 7.59. The average molecular weight is 362 g/mol. The topological polar surface area (TPSA) is 49.9 Å². The molecule has 2 saturated heterocycles. The number of ether oxygens (including phenoxy) is 1. The maximum atomic E-state index is 14.1. The van der Waals surface area contributed by atoms with Gasteiger partial charge < -0.3 is 14.5 Å². The number of rotatable bonds is 4. The zero-order valence-corrected chi connectivity index (χ0v) is 15.8. The second kappa shape index (κ2) is 7.25. The molecule has 2 aliphatic heterocycles. The van der Waals surface area contributed by atoms with E-state index in [1.54, 1.807) is 28.9 Å². The van der Waals surface area contributed by atoms with E-state index >= 15 is 0 Å². The maximum absolute atomic E-state index is 14.1. The minimum atomic E-state index is -0.512. The van der Waals surface area contributed by atoms with Gasteiger partial charge in [0.25, 0.3) is 5.91 Å². The first-order valence-corrected chi connectivity index (χ1v) is 9.40. The van der Waals surface area contributed by atoms with Gasteiger partial charge in [0.15, 0.2) is 0 Å². The third kappa shape index (κ3) is 3.55. The first-order valence-electron chi connectivity index (χ1n) is 9.40. The lowest BCUT2D eigenvalue weighted by Crippen LogP contribution is -2.49. The maximum Gasteiger partial charge on any atom is 0.410 e. The lowest BCUT2D eigenvalue weighted by Gasteiger charge is -2.37. The Kier molecular flexibility index (Phi) is 5.21. The van der Waals surface area contributed by atoms with Gasteiger partial charge in [-0.1, -0.05) is 19.4 Å². The number of carbonyl (C=O) groups is 2. The van der Waals surface area contributed by atoms with Crippen molar-refractivity contribution in [1.82, 2.24) is 9.80 Å². The summed E-state index contributed by atoms with van der Waals surface area (Å²) in [6.07, 6.45) is 2.89. The van der Waals surface area contributed by atoms with Crippen LogP contribution in [0.5, 0.6) is 0 Å². The van der Waals surface area contributed by atoms with Crippen LogP contribution in [0.25, 0.3) is 0 Å². The molecule has 0 N–H and O–H groups in total. The van der Waals surface area contributed by atoms with E-state index in [-0.39, 0.29) is 23.6 Å². The highest BCUT2D eigenvalue weighted by atomic mass is 19.1. The molecule has 26 heavy (non-hydrogen) atoms.